The number of alkyl halides is 3. The Kier molecular flexibility index (Phi) is 5.78. The number of carboxylic acids is 1. The largest absolute Gasteiger partial charge is 0.490 e. The molecule has 1 aliphatic rings. The van der Waals surface area contributed by atoms with Gasteiger partial charge in [-0.3, -0.25) is 4.68 Å². The topological polar surface area (TPSA) is 108 Å². The molecule has 0 unspecified atom stereocenters. The van der Waals surface area contributed by atoms with Crippen LogP contribution in [0.25, 0.3) is 16.6 Å². The van der Waals surface area contributed by atoms with E-state index in [1.54, 1.807) is 10.9 Å². The van der Waals surface area contributed by atoms with E-state index in [0.29, 0.717) is 0 Å². The third-order valence-electron chi connectivity index (χ3n) is 4.47. The number of carbonyl (C=O) groups is 1. The van der Waals surface area contributed by atoms with E-state index in [2.05, 4.69) is 16.3 Å². The van der Waals surface area contributed by atoms with E-state index in [4.69, 9.17) is 20.4 Å². The Hall–Kier alpha value is -3.08. The number of ether oxygens (including phenoxy) is 1. The van der Waals surface area contributed by atoms with Gasteiger partial charge in [-0.05, 0) is 31.4 Å². The van der Waals surface area contributed by atoms with Crippen LogP contribution in [0.2, 0.25) is 0 Å². The van der Waals surface area contributed by atoms with E-state index in [0.717, 1.165) is 41.7 Å². The average Bonchev–Trinajstić information content (AvgIpc) is 3.35. The van der Waals surface area contributed by atoms with Gasteiger partial charge >= 0.3 is 12.1 Å². The van der Waals surface area contributed by atoms with E-state index in [1.807, 2.05) is 36.2 Å². The second-order valence-electron chi connectivity index (χ2n) is 6.77. The number of aromatic nitrogens is 4. The van der Waals surface area contributed by atoms with Crippen LogP contribution in [-0.4, -0.2) is 48.8 Å². The van der Waals surface area contributed by atoms with Crippen molar-refractivity contribution < 1.29 is 27.8 Å². The Morgan fingerprint density at radius 1 is 1.28 bits per heavy atom. The van der Waals surface area contributed by atoms with E-state index >= 15 is 0 Å². The molecule has 0 aromatic carbocycles. The molecule has 0 saturated heterocycles. The van der Waals surface area contributed by atoms with Gasteiger partial charge in [0.2, 0.25) is 0 Å². The van der Waals surface area contributed by atoms with Crippen molar-refractivity contribution in [2.24, 2.45) is 12.8 Å². The molecule has 3 aromatic rings. The van der Waals surface area contributed by atoms with Crippen LogP contribution in [-0.2, 0) is 11.8 Å². The van der Waals surface area contributed by atoms with E-state index in [9.17, 15) is 13.2 Å². The van der Waals surface area contributed by atoms with Crippen LogP contribution < -0.4 is 10.5 Å². The number of aryl methyl sites for hydroxylation is 1. The van der Waals surface area contributed by atoms with Crippen molar-refractivity contribution >= 4 is 11.5 Å². The summed E-state index contributed by atoms with van der Waals surface area (Å²) in [5.74, 6) is -1.90. The van der Waals surface area contributed by atoms with E-state index < -0.39 is 12.1 Å². The number of halogens is 3. The van der Waals surface area contributed by atoms with Gasteiger partial charge in [0.25, 0.3) is 0 Å². The Morgan fingerprint density at radius 3 is 2.55 bits per heavy atom. The minimum Gasteiger partial charge on any atom is -0.488 e. The lowest BCUT2D eigenvalue weighted by Crippen LogP contribution is -2.21. The maximum atomic E-state index is 10.6. The van der Waals surface area contributed by atoms with Gasteiger partial charge in [-0.1, -0.05) is 0 Å². The molecule has 1 fully saturated rings. The van der Waals surface area contributed by atoms with Crippen LogP contribution in [0.4, 0.5) is 13.2 Å². The Balaban J connectivity index is 0.000000298. The van der Waals surface area contributed by atoms with Crippen molar-refractivity contribution in [3.8, 4) is 16.9 Å². The highest BCUT2D eigenvalue weighted by Gasteiger charge is 2.38. The summed E-state index contributed by atoms with van der Waals surface area (Å²) in [5, 5.41) is 15.7. The summed E-state index contributed by atoms with van der Waals surface area (Å²) in [4.78, 5) is 8.90. The monoisotopic (exact) mass is 411 g/mol. The number of hydrogen-bond donors (Lipinski definition) is 2. The first-order valence-corrected chi connectivity index (χ1v) is 8.82. The molecule has 2 atom stereocenters. The van der Waals surface area contributed by atoms with Crippen LogP contribution in [0.5, 0.6) is 5.75 Å². The molecule has 0 radical (unpaired) electrons. The molecule has 156 valence electrons. The zero-order valence-electron chi connectivity index (χ0n) is 15.5. The minimum atomic E-state index is -5.08. The van der Waals surface area contributed by atoms with Crippen LogP contribution in [0, 0.1) is 0 Å². The van der Waals surface area contributed by atoms with Crippen molar-refractivity contribution in [2.75, 3.05) is 0 Å². The predicted octanol–water partition coefficient (Wildman–Crippen LogP) is 2.63. The Morgan fingerprint density at radius 2 is 2.00 bits per heavy atom. The van der Waals surface area contributed by atoms with Crippen molar-refractivity contribution in [3.63, 3.8) is 0 Å². The molecule has 29 heavy (non-hydrogen) atoms. The predicted molar refractivity (Wildman–Crippen MR) is 97.3 cm³/mol. The molecule has 0 amide bonds. The number of nitrogens with zero attached hydrogens (tertiary/aromatic N) is 4. The second kappa shape index (κ2) is 8.11. The molecule has 4 rings (SSSR count). The first-order chi connectivity index (χ1) is 13.6. The molecule has 3 aromatic heterocycles. The molecule has 3 heterocycles. The number of rotatable bonds is 3. The Bertz CT molecular complexity index is 998. The van der Waals surface area contributed by atoms with Crippen LogP contribution >= 0.6 is 0 Å². The summed E-state index contributed by atoms with van der Waals surface area (Å²) < 4.78 is 41.6. The summed E-state index contributed by atoms with van der Waals surface area (Å²) >= 11 is 0. The fraction of sp³-hybridized carbons (Fsp3) is 0.389. The first-order valence-electron chi connectivity index (χ1n) is 8.82. The molecule has 3 N–H and O–H groups in total. The molecule has 0 bridgehead atoms. The summed E-state index contributed by atoms with van der Waals surface area (Å²) in [6, 6.07) is 4.29. The molecule has 1 aliphatic carbocycles. The summed E-state index contributed by atoms with van der Waals surface area (Å²) in [5.41, 5.74) is 9.06. The van der Waals surface area contributed by atoms with Gasteiger partial charge in [0.1, 0.15) is 17.4 Å². The summed E-state index contributed by atoms with van der Waals surface area (Å²) in [7, 11) is 1.91. The average molecular weight is 411 g/mol. The molecule has 11 heteroatoms. The van der Waals surface area contributed by atoms with Gasteiger partial charge in [-0.15, -0.1) is 0 Å². The SMILES string of the molecule is Cn1cc(-c2cc(O[C@@H]3CC[C@H](N)C3)c3ccnn3c2)cn1.O=C(O)C(F)(F)F. The number of pyridine rings is 1. The molecule has 0 spiro atoms. The zero-order valence-corrected chi connectivity index (χ0v) is 15.5. The standard InChI is InChI=1S/C16H19N5O.C2HF3O2/c1-20-9-12(8-19-20)11-6-16(15-4-5-18-21(15)10-11)22-14-3-2-13(17)7-14;3-2(4,5)1(6)7/h4-6,8-10,13-14H,2-3,7,17H2,1H3;(H,6,7)/t13-,14+;/m0./s1. The molecular weight excluding hydrogens is 391 g/mol. The molecule has 1 saturated carbocycles. The van der Waals surface area contributed by atoms with Crippen molar-refractivity contribution in [2.45, 2.75) is 37.6 Å². The van der Waals surface area contributed by atoms with Gasteiger partial charge in [-0.2, -0.15) is 23.4 Å². The fourth-order valence-electron chi connectivity index (χ4n) is 3.08. The number of hydrogen-bond acceptors (Lipinski definition) is 5. The van der Waals surface area contributed by atoms with Crippen molar-refractivity contribution in [1.29, 1.82) is 0 Å². The Labute approximate surface area is 163 Å². The third kappa shape index (κ3) is 5.05. The maximum absolute atomic E-state index is 10.6. The number of aliphatic carboxylic acids is 1. The van der Waals surface area contributed by atoms with Gasteiger partial charge in [-0.25, -0.2) is 9.31 Å². The molecule has 8 nitrogen and oxygen atoms in total. The zero-order chi connectivity index (χ0) is 21.2. The molecular formula is C18H20F3N5O3. The normalized spacial score (nSPS) is 19.1. The van der Waals surface area contributed by atoms with Gasteiger partial charge in [0.15, 0.2) is 0 Å². The second-order valence-corrected chi connectivity index (χ2v) is 6.77. The van der Waals surface area contributed by atoms with Crippen molar-refractivity contribution in [3.05, 3.63) is 36.9 Å². The smallest absolute Gasteiger partial charge is 0.488 e. The van der Waals surface area contributed by atoms with E-state index in [-0.39, 0.29) is 12.1 Å². The lowest BCUT2D eigenvalue weighted by atomic mass is 10.1. The highest BCUT2D eigenvalue weighted by Crippen LogP contribution is 2.31. The van der Waals surface area contributed by atoms with Gasteiger partial charge < -0.3 is 15.6 Å². The lowest BCUT2D eigenvalue weighted by molar-refractivity contribution is -0.192. The minimum absolute atomic E-state index is 0.192. The van der Waals surface area contributed by atoms with Gasteiger partial charge in [0.05, 0.1) is 12.4 Å². The lowest BCUT2D eigenvalue weighted by Gasteiger charge is -2.15. The highest BCUT2D eigenvalue weighted by molar-refractivity contribution is 5.73. The fourth-order valence-corrected chi connectivity index (χ4v) is 3.08. The first kappa shape index (κ1) is 20.6. The van der Waals surface area contributed by atoms with Crippen LogP contribution in [0.15, 0.2) is 36.9 Å². The van der Waals surface area contributed by atoms with Crippen LogP contribution in [0.3, 0.4) is 0 Å². The van der Waals surface area contributed by atoms with Crippen molar-refractivity contribution in [1.82, 2.24) is 19.4 Å². The number of fused-ring (bicyclic) bond motifs is 1. The quantitative estimate of drug-likeness (QED) is 0.686. The number of nitrogens with two attached hydrogens (primary N) is 1. The van der Waals surface area contributed by atoms with E-state index in [1.165, 1.54) is 0 Å². The number of carboxylic acid groups (broad SMARTS) is 1. The molecule has 0 aliphatic heterocycles. The third-order valence-corrected chi connectivity index (χ3v) is 4.47. The van der Waals surface area contributed by atoms with Gasteiger partial charge in [0, 0.05) is 36.6 Å². The highest BCUT2D eigenvalue weighted by atomic mass is 19.4. The maximum Gasteiger partial charge on any atom is 0.490 e. The summed E-state index contributed by atoms with van der Waals surface area (Å²) in [6.45, 7) is 0. The van der Waals surface area contributed by atoms with Crippen LogP contribution in [0.1, 0.15) is 19.3 Å². The summed E-state index contributed by atoms with van der Waals surface area (Å²) in [6.07, 6.45) is 5.69.